The second kappa shape index (κ2) is 10.2. The van der Waals surface area contributed by atoms with Gasteiger partial charge in [0.2, 0.25) is 0 Å². The maximum atomic E-state index is 13.7. The zero-order chi connectivity index (χ0) is 26.8. The highest BCUT2D eigenvalue weighted by Crippen LogP contribution is 2.34. The number of benzene rings is 2. The van der Waals surface area contributed by atoms with Gasteiger partial charge >= 0.3 is 12.1 Å². The topological polar surface area (TPSA) is 99.8 Å². The number of nitrogens with one attached hydrogen (secondary N) is 1. The fraction of sp³-hybridized carbons (Fsp3) is 0.222. The van der Waals surface area contributed by atoms with Crippen LogP contribution in [0.25, 0.3) is 29.1 Å². The molecule has 0 unspecified atom stereocenters. The fourth-order valence-electron chi connectivity index (χ4n) is 3.87. The average Bonchev–Trinajstić information content (AvgIpc) is 3.34. The lowest BCUT2D eigenvalue weighted by Gasteiger charge is -2.24. The molecule has 0 amide bonds. The number of rotatable bonds is 8. The lowest BCUT2D eigenvalue weighted by Crippen LogP contribution is -2.52. The first-order valence-corrected chi connectivity index (χ1v) is 11.4. The molecule has 0 bridgehead atoms. The molecule has 192 valence electrons. The Kier molecular flexibility index (Phi) is 7.15. The Balaban J connectivity index is 1.67. The molecule has 0 spiro atoms. The maximum absolute atomic E-state index is 13.7. The van der Waals surface area contributed by atoms with Gasteiger partial charge in [-0.1, -0.05) is 36.4 Å². The number of imidazole rings is 1. The lowest BCUT2D eigenvalue weighted by molar-refractivity contribution is -0.146. The normalized spacial score (nSPS) is 13.8. The van der Waals surface area contributed by atoms with Crippen LogP contribution in [0.1, 0.15) is 34.7 Å². The molecule has 10 heteroatoms. The summed E-state index contributed by atoms with van der Waals surface area (Å²) in [7, 11) is 0. The van der Waals surface area contributed by atoms with Crippen LogP contribution in [0.4, 0.5) is 13.2 Å². The summed E-state index contributed by atoms with van der Waals surface area (Å²) in [6.07, 6.45) is 5.40. The van der Waals surface area contributed by atoms with Gasteiger partial charge in [0.05, 0.1) is 24.1 Å². The van der Waals surface area contributed by atoms with Crippen LogP contribution in [0.5, 0.6) is 0 Å². The van der Waals surface area contributed by atoms with E-state index in [9.17, 15) is 28.2 Å². The van der Waals surface area contributed by atoms with E-state index in [4.69, 9.17) is 0 Å². The van der Waals surface area contributed by atoms with Crippen molar-refractivity contribution < 1.29 is 28.2 Å². The molecular weight excluding hydrogens is 485 g/mol. The lowest BCUT2D eigenvalue weighted by atomic mass is 9.97. The molecule has 0 saturated heterocycles. The molecular formula is C27H25F3N4O3. The highest BCUT2D eigenvalue weighted by Gasteiger charge is 2.34. The Morgan fingerprint density at radius 1 is 1.14 bits per heavy atom. The van der Waals surface area contributed by atoms with Crippen molar-refractivity contribution in [3.63, 3.8) is 0 Å². The van der Waals surface area contributed by atoms with Gasteiger partial charge in [-0.25, -0.2) is 4.98 Å². The summed E-state index contributed by atoms with van der Waals surface area (Å²) >= 11 is 0. The second-order valence-electron chi connectivity index (χ2n) is 8.89. The zero-order valence-electron chi connectivity index (χ0n) is 20.1. The van der Waals surface area contributed by atoms with Gasteiger partial charge in [-0.15, -0.1) is 0 Å². The second-order valence-corrected chi connectivity index (χ2v) is 8.89. The Hall–Kier alpha value is -4.02. The molecule has 4 aromatic rings. The molecule has 2 heterocycles. The first kappa shape index (κ1) is 26.1. The molecule has 0 aliphatic carbocycles. The Morgan fingerprint density at radius 3 is 2.59 bits per heavy atom. The predicted molar refractivity (Wildman–Crippen MR) is 133 cm³/mol. The highest BCUT2D eigenvalue weighted by molar-refractivity contribution is 5.79. The van der Waals surface area contributed by atoms with Crippen molar-refractivity contribution in [2.24, 2.45) is 0 Å². The number of hydrogen-bond donors (Lipinski definition) is 3. The van der Waals surface area contributed by atoms with E-state index in [1.54, 1.807) is 24.7 Å². The molecule has 0 radical (unpaired) electrons. The molecule has 2 aromatic heterocycles. The first-order valence-electron chi connectivity index (χ1n) is 11.4. The van der Waals surface area contributed by atoms with Gasteiger partial charge in [0.25, 0.3) is 0 Å². The minimum atomic E-state index is -4.58. The van der Waals surface area contributed by atoms with Crippen molar-refractivity contribution in [2.45, 2.75) is 32.1 Å². The van der Waals surface area contributed by atoms with Gasteiger partial charge < -0.3 is 14.6 Å². The molecule has 0 aliphatic rings. The van der Waals surface area contributed by atoms with Gasteiger partial charge in [0, 0.05) is 30.7 Å². The Labute approximate surface area is 210 Å². The van der Waals surface area contributed by atoms with Gasteiger partial charge in [0.1, 0.15) is 5.54 Å². The standard InChI is InChI=1S/C27H25F3N4O3/c1-17-19(4-3-5-21(17)23-15-34-11-10-31-24(34)14-32-23)7-8-20-12-18(6-9-22(20)27(28,29)30)13-33-26(2,16-35)25(36)37/h3-12,14-15,33,35H,13,16H2,1-2H3,(H,36,37)/b8-7+/t26-/m0/s1. The number of aliphatic hydroxyl groups is 1. The van der Waals surface area contributed by atoms with E-state index in [-0.39, 0.29) is 12.1 Å². The van der Waals surface area contributed by atoms with Crippen LogP contribution in [0.2, 0.25) is 0 Å². The van der Waals surface area contributed by atoms with Gasteiger partial charge in [-0.3, -0.25) is 15.1 Å². The van der Waals surface area contributed by atoms with Crippen LogP contribution in [0, 0.1) is 6.92 Å². The number of aliphatic carboxylic acids is 1. The van der Waals surface area contributed by atoms with Crippen LogP contribution < -0.4 is 5.32 Å². The van der Waals surface area contributed by atoms with Gasteiger partial charge in [0.15, 0.2) is 5.65 Å². The summed E-state index contributed by atoms with van der Waals surface area (Å²) in [5, 5.41) is 21.4. The number of alkyl halides is 3. The van der Waals surface area contributed by atoms with E-state index in [2.05, 4.69) is 15.3 Å². The number of aliphatic hydroxyl groups excluding tert-OH is 1. The third-order valence-corrected chi connectivity index (χ3v) is 6.27. The number of carboxylic acids is 1. The van der Waals surface area contributed by atoms with Crippen LogP contribution in [-0.2, 0) is 17.5 Å². The molecule has 3 N–H and O–H groups in total. The largest absolute Gasteiger partial charge is 0.480 e. The summed E-state index contributed by atoms with van der Waals surface area (Å²) in [6, 6.07) is 9.14. The van der Waals surface area contributed by atoms with Crippen molar-refractivity contribution in [3.8, 4) is 11.3 Å². The minimum Gasteiger partial charge on any atom is -0.480 e. The summed E-state index contributed by atoms with van der Waals surface area (Å²) in [6.45, 7) is 2.46. The molecule has 4 rings (SSSR count). The van der Waals surface area contributed by atoms with E-state index in [0.717, 1.165) is 22.8 Å². The van der Waals surface area contributed by atoms with E-state index < -0.39 is 29.9 Å². The van der Waals surface area contributed by atoms with Crippen molar-refractivity contribution in [1.29, 1.82) is 0 Å². The Bertz CT molecular complexity index is 1480. The average molecular weight is 511 g/mol. The molecule has 0 fully saturated rings. The van der Waals surface area contributed by atoms with Crippen molar-refractivity contribution in [1.82, 2.24) is 19.7 Å². The molecule has 2 aromatic carbocycles. The van der Waals surface area contributed by atoms with Crippen molar-refractivity contribution in [2.75, 3.05) is 6.61 Å². The number of halogens is 3. The number of carboxylic acid groups (broad SMARTS) is 1. The molecule has 0 aliphatic heterocycles. The fourth-order valence-corrected chi connectivity index (χ4v) is 3.87. The third kappa shape index (κ3) is 5.55. The van der Waals surface area contributed by atoms with Crippen molar-refractivity contribution in [3.05, 3.63) is 89.0 Å². The van der Waals surface area contributed by atoms with Gasteiger partial charge in [-0.05, 0) is 48.2 Å². The van der Waals surface area contributed by atoms with E-state index in [0.29, 0.717) is 16.9 Å². The van der Waals surface area contributed by atoms with Crippen LogP contribution in [0.3, 0.4) is 0 Å². The maximum Gasteiger partial charge on any atom is 0.416 e. The quantitative estimate of drug-likeness (QED) is 0.294. The first-order chi connectivity index (χ1) is 17.5. The number of nitrogens with zero attached hydrogens (tertiary/aromatic N) is 3. The number of aromatic nitrogens is 3. The molecule has 7 nitrogen and oxygen atoms in total. The number of hydrogen-bond acceptors (Lipinski definition) is 5. The molecule has 1 atom stereocenters. The summed E-state index contributed by atoms with van der Waals surface area (Å²) in [5.41, 5.74) is 1.76. The van der Waals surface area contributed by atoms with E-state index >= 15 is 0 Å². The number of carbonyl (C=O) groups is 1. The van der Waals surface area contributed by atoms with E-state index in [1.165, 1.54) is 25.1 Å². The van der Waals surface area contributed by atoms with Crippen molar-refractivity contribution >= 4 is 23.8 Å². The predicted octanol–water partition coefficient (Wildman–Crippen LogP) is 4.82. The van der Waals surface area contributed by atoms with Crippen LogP contribution >= 0.6 is 0 Å². The minimum absolute atomic E-state index is 0.0424. The molecule has 0 saturated carbocycles. The molecule has 37 heavy (non-hydrogen) atoms. The zero-order valence-corrected chi connectivity index (χ0v) is 20.1. The highest BCUT2D eigenvalue weighted by atomic mass is 19.4. The SMILES string of the molecule is Cc1c(/C=C/c2cc(CN[C@@](C)(CO)C(=O)O)ccc2C(F)(F)F)cccc1-c1cn2ccnc2cn1. The summed E-state index contributed by atoms with van der Waals surface area (Å²) < 4.78 is 43.0. The Morgan fingerprint density at radius 2 is 1.89 bits per heavy atom. The van der Waals surface area contributed by atoms with Crippen LogP contribution in [-0.4, -0.2) is 42.7 Å². The number of fused-ring (bicyclic) bond motifs is 1. The monoisotopic (exact) mass is 510 g/mol. The van der Waals surface area contributed by atoms with E-state index in [1.807, 2.05) is 35.7 Å². The summed E-state index contributed by atoms with van der Waals surface area (Å²) in [4.78, 5) is 20.1. The smallest absolute Gasteiger partial charge is 0.416 e. The van der Waals surface area contributed by atoms with Gasteiger partial charge in [-0.2, -0.15) is 13.2 Å². The van der Waals surface area contributed by atoms with Crippen LogP contribution in [0.15, 0.2) is 61.2 Å². The third-order valence-electron chi connectivity index (χ3n) is 6.27. The summed E-state index contributed by atoms with van der Waals surface area (Å²) in [5.74, 6) is -1.26.